The molecule has 1 fully saturated rings. The largest absolute Gasteiger partial charge is 0.425 e. The number of anilines is 1. The summed E-state index contributed by atoms with van der Waals surface area (Å²) >= 11 is 0. The van der Waals surface area contributed by atoms with Crippen molar-refractivity contribution in [1.29, 1.82) is 0 Å². The molecule has 1 unspecified atom stereocenters. The number of nitrogens with two attached hydrogens (primary N) is 1. The van der Waals surface area contributed by atoms with Gasteiger partial charge in [0.05, 0.1) is 22.8 Å². The molecule has 0 saturated carbocycles. The van der Waals surface area contributed by atoms with Crippen molar-refractivity contribution in [3.63, 3.8) is 0 Å². The third-order valence-corrected chi connectivity index (χ3v) is 10.8. The van der Waals surface area contributed by atoms with Crippen molar-refractivity contribution < 1.29 is 25.6 Å². The van der Waals surface area contributed by atoms with Crippen molar-refractivity contribution in [1.82, 2.24) is 38.5 Å². The highest BCUT2D eigenvalue weighted by atomic mass is 16.5. The molecule has 5 aromatic rings. The van der Waals surface area contributed by atoms with Crippen LogP contribution in [0.3, 0.4) is 0 Å². The van der Waals surface area contributed by atoms with Crippen LogP contribution >= 0.6 is 0 Å². The number of aromatic nitrogens is 4. The Morgan fingerprint density at radius 1 is 0.541 bits per heavy atom. The van der Waals surface area contributed by atoms with E-state index in [2.05, 4.69) is 24.9 Å². The van der Waals surface area contributed by atoms with E-state index in [1.165, 1.54) is 24.3 Å². The fourth-order valence-electron chi connectivity index (χ4n) is 7.43. The van der Waals surface area contributed by atoms with Crippen LogP contribution in [-0.2, 0) is 37.4 Å². The molecule has 7 N–H and O–H groups in total. The first kappa shape index (κ1) is 44.1. The highest BCUT2D eigenvalue weighted by molar-refractivity contribution is 5.90. The molecule has 1 amide bonds. The quantitative estimate of drug-likeness (QED) is 0.0887. The van der Waals surface area contributed by atoms with Gasteiger partial charge >= 0.3 is 0 Å². The summed E-state index contributed by atoms with van der Waals surface area (Å²) in [7, 11) is 0. The Labute approximate surface area is 350 Å². The zero-order valence-corrected chi connectivity index (χ0v) is 33.7. The van der Waals surface area contributed by atoms with Gasteiger partial charge in [0.15, 0.2) is 0 Å². The monoisotopic (exact) mass is 840 g/mol. The third kappa shape index (κ3) is 11.8. The minimum Gasteiger partial charge on any atom is -0.425 e. The van der Waals surface area contributed by atoms with Gasteiger partial charge in [-0.1, -0.05) is 36.4 Å². The molecule has 324 valence electrons. The standard InChI is InChI=1S/C42H52N10O9/c43-18-17-38(53)44-32-15-13-31(14-16-32)25-37-29-47(28-35-7-3-11-41(56)51(35)60)22-21-45(26-33-5-1-9-39(54)49(33)58)19-20-46(27-34-6-2-10-40(55)50(34)59)23-24-48(37)30-36-8-4-12-42(57)52(36)61/h1-16,37,58-61H,17-30,43H2,(H,44,53). The predicted molar refractivity (Wildman–Crippen MR) is 224 cm³/mol. The molecular weight excluding hydrogens is 789 g/mol. The molecule has 19 heteroatoms. The second kappa shape index (κ2) is 20.6. The second-order valence-corrected chi connectivity index (χ2v) is 15.1. The number of pyridine rings is 4. The number of amides is 1. The van der Waals surface area contributed by atoms with Gasteiger partial charge in [0.25, 0.3) is 22.2 Å². The first-order valence-corrected chi connectivity index (χ1v) is 20.0. The lowest BCUT2D eigenvalue weighted by Crippen LogP contribution is -2.51. The number of nitrogens with one attached hydrogen (secondary N) is 1. The fourth-order valence-corrected chi connectivity index (χ4v) is 7.43. The minimum atomic E-state index is -0.597. The molecule has 1 atom stereocenters. The van der Waals surface area contributed by atoms with Crippen molar-refractivity contribution in [3.8, 4) is 0 Å². The molecule has 19 nitrogen and oxygen atoms in total. The topological polar surface area (TPSA) is 237 Å². The first-order chi connectivity index (χ1) is 29.4. The average molecular weight is 841 g/mol. The van der Waals surface area contributed by atoms with E-state index in [4.69, 9.17) is 5.73 Å². The number of hydrogen-bond acceptors (Lipinski definition) is 14. The number of benzene rings is 1. The van der Waals surface area contributed by atoms with Crippen LogP contribution in [0.1, 0.15) is 34.8 Å². The lowest BCUT2D eigenvalue weighted by Gasteiger charge is -2.39. The highest BCUT2D eigenvalue weighted by Crippen LogP contribution is 2.20. The van der Waals surface area contributed by atoms with E-state index in [1.54, 1.807) is 60.7 Å². The normalized spacial score (nSPS) is 16.4. The smallest absolute Gasteiger partial charge is 0.283 e. The van der Waals surface area contributed by atoms with Crippen LogP contribution in [-0.4, -0.2) is 124 Å². The van der Waals surface area contributed by atoms with Crippen molar-refractivity contribution >= 4 is 11.6 Å². The van der Waals surface area contributed by atoms with Gasteiger partial charge in [0.1, 0.15) is 0 Å². The molecule has 1 aliphatic heterocycles. The molecule has 0 spiro atoms. The van der Waals surface area contributed by atoms with Gasteiger partial charge in [-0.2, -0.15) is 18.9 Å². The zero-order valence-electron chi connectivity index (χ0n) is 33.7. The van der Waals surface area contributed by atoms with Crippen LogP contribution in [0.5, 0.6) is 0 Å². The summed E-state index contributed by atoms with van der Waals surface area (Å²) in [5.41, 5.74) is 6.12. The molecule has 6 rings (SSSR count). The molecule has 0 radical (unpaired) electrons. The number of nitrogens with zero attached hydrogens (tertiary/aromatic N) is 8. The summed E-state index contributed by atoms with van der Waals surface area (Å²) in [6.07, 6.45) is 0.614. The fraction of sp³-hybridized carbons (Fsp3) is 0.357. The van der Waals surface area contributed by atoms with E-state index in [0.29, 0.717) is 99.6 Å². The lowest BCUT2D eigenvalue weighted by molar-refractivity contribution is -0.116. The Morgan fingerprint density at radius 2 is 0.934 bits per heavy atom. The maximum absolute atomic E-state index is 12.6. The molecule has 1 saturated heterocycles. The van der Waals surface area contributed by atoms with E-state index in [1.807, 2.05) is 12.1 Å². The molecule has 1 aromatic carbocycles. The number of carbonyl (C=O) groups excluding carboxylic acids is 1. The van der Waals surface area contributed by atoms with Crippen LogP contribution in [0.25, 0.3) is 0 Å². The summed E-state index contributed by atoms with van der Waals surface area (Å²) in [6.45, 7) is 3.56. The summed E-state index contributed by atoms with van der Waals surface area (Å²) < 4.78 is 2.46. The predicted octanol–water partition coefficient (Wildman–Crippen LogP) is 0.503. The van der Waals surface area contributed by atoms with Crippen molar-refractivity contribution in [2.24, 2.45) is 5.73 Å². The highest BCUT2D eigenvalue weighted by Gasteiger charge is 2.27. The van der Waals surface area contributed by atoms with E-state index >= 15 is 0 Å². The summed E-state index contributed by atoms with van der Waals surface area (Å²) in [6, 6.07) is 25.0. The zero-order chi connectivity index (χ0) is 43.5. The summed E-state index contributed by atoms with van der Waals surface area (Å²) in [5.74, 6) is -0.209. The van der Waals surface area contributed by atoms with Gasteiger partial charge in [-0.3, -0.25) is 43.6 Å². The molecular formula is C42H52N10O9. The number of carbonyl (C=O) groups is 1. The average Bonchev–Trinajstić information content (AvgIpc) is 3.23. The van der Waals surface area contributed by atoms with Crippen molar-refractivity contribution in [2.75, 3.05) is 57.7 Å². The van der Waals surface area contributed by atoms with Crippen LogP contribution in [0.15, 0.2) is 116 Å². The SMILES string of the molecule is NCCC(=O)Nc1ccc(CC2CN(Cc3cccc(=O)n3O)CCN(Cc3cccc(=O)n3O)CCN(Cc3cccc(=O)n3O)CCN2Cc2cccc(=O)n2O)cc1. The first-order valence-electron chi connectivity index (χ1n) is 20.0. The summed E-state index contributed by atoms with van der Waals surface area (Å²) in [4.78, 5) is 70.7. The molecule has 0 bridgehead atoms. The van der Waals surface area contributed by atoms with Crippen LogP contribution < -0.4 is 33.3 Å². The molecule has 4 aromatic heterocycles. The summed E-state index contributed by atoms with van der Waals surface area (Å²) in [5, 5.41) is 45.9. The van der Waals surface area contributed by atoms with Gasteiger partial charge in [0.2, 0.25) is 5.91 Å². The van der Waals surface area contributed by atoms with Crippen molar-refractivity contribution in [3.05, 3.63) is 167 Å². The van der Waals surface area contributed by atoms with Crippen LogP contribution in [0, 0.1) is 0 Å². The molecule has 1 aliphatic rings. The van der Waals surface area contributed by atoms with E-state index in [0.717, 1.165) is 5.56 Å². The van der Waals surface area contributed by atoms with Gasteiger partial charge in [0, 0.05) is 121 Å². The second-order valence-electron chi connectivity index (χ2n) is 15.1. The molecule has 5 heterocycles. The third-order valence-electron chi connectivity index (χ3n) is 10.8. The van der Waals surface area contributed by atoms with Crippen molar-refractivity contribution in [2.45, 2.75) is 45.1 Å². The Morgan fingerprint density at radius 3 is 1.38 bits per heavy atom. The van der Waals surface area contributed by atoms with E-state index < -0.39 is 22.2 Å². The Kier molecular flexibility index (Phi) is 14.9. The van der Waals surface area contributed by atoms with Gasteiger partial charge in [-0.05, 0) is 48.4 Å². The minimum absolute atomic E-state index is 0.131. The molecule has 0 aliphatic carbocycles. The van der Waals surface area contributed by atoms with Crippen LogP contribution in [0.2, 0.25) is 0 Å². The van der Waals surface area contributed by atoms with E-state index in [9.17, 15) is 44.8 Å². The Hall–Kier alpha value is -6.51. The van der Waals surface area contributed by atoms with E-state index in [-0.39, 0.29) is 51.1 Å². The molecule has 61 heavy (non-hydrogen) atoms. The Balaban J connectivity index is 1.42. The Bertz CT molecular complexity index is 2500. The van der Waals surface area contributed by atoms with Crippen LogP contribution in [0.4, 0.5) is 5.69 Å². The number of rotatable bonds is 13. The lowest BCUT2D eigenvalue weighted by atomic mass is 10.0. The van der Waals surface area contributed by atoms with Gasteiger partial charge in [-0.15, -0.1) is 0 Å². The maximum Gasteiger partial charge on any atom is 0.283 e. The van der Waals surface area contributed by atoms with Gasteiger partial charge in [-0.25, -0.2) is 0 Å². The van der Waals surface area contributed by atoms with Gasteiger partial charge < -0.3 is 31.9 Å². The number of hydrogen-bond donors (Lipinski definition) is 6. The maximum atomic E-state index is 12.6.